The van der Waals surface area contributed by atoms with Gasteiger partial charge in [0.1, 0.15) is 0 Å². The fourth-order valence-electron chi connectivity index (χ4n) is 5.86. The smallest absolute Gasteiger partial charge is 0.162 e. The molecule has 1 N–H and O–H groups in total. The van der Waals surface area contributed by atoms with E-state index in [1.807, 2.05) is 45.2 Å². The maximum absolute atomic E-state index is 11.7. The Kier molecular flexibility index (Phi) is 13.1. The first-order valence-electron chi connectivity index (χ1n) is 16.1. The molecule has 0 bridgehead atoms. The van der Waals surface area contributed by atoms with Crippen molar-refractivity contribution in [2.45, 2.75) is 87.5 Å². The Morgan fingerprint density at radius 1 is 0.911 bits per heavy atom. The van der Waals surface area contributed by atoms with Crippen LogP contribution in [0.3, 0.4) is 0 Å². The van der Waals surface area contributed by atoms with Crippen LogP contribution in [0.25, 0.3) is 42.2 Å². The SMILES string of the molecule is CCC(CC)C(=O)/C=C(\O)C(CC)CC.Cc1ccc2ccc(-c3nccc4c3sc3cc(CC(C)(C)C)ccc34)[c-]c2c1.[Ir]. The number of hydrogen-bond acceptors (Lipinski definition) is 4. The number of aliphatic hydroxyl groups is 1. The molecule has 0 aliphatic rings. The van der Waals surface area contributed by atoms with Crippen molar-refractivity contribution in [3.63, 3.8) is 0 Å². The van der Waals surface area contributed by atoms with Crippen molar-refractivity contribution in [1.82, 2.24) is 4.98 Å². The number of carbonyl (C=O) groups excluding carboxylic acids is 1. The first-order valence-corrected chi connectivity index (χ1v) is 17.0. The molecule has 3 nitrogen and oxygen atoms in total. The van der Waals surface area contributed by atoms with Gasteiger partial charge in [0.15, 0.2) is 5.78 Å². The number of nitrogens with zero attached hydrogens (tertiary/aromatic N) is 1. The third-order valence-electron chi connectivity index (χ3n) is 8.43. The molecule has 5 rings (SSSR count). The third-order valence-corrected chi connectivity index (χ3v) is 9.61. The summed E-state index contributed by atoms with van der Waals surface area (Å²) in [6.07, 6.45) is 7.92. The van der Waals surface area contributed by atoms with Crippen LogP contribution in [0.4, 0.5) is 0 Å². The summed E-state index contributed by atoms with van der Waals surface area (Å²) in [7, 11) is 0. The van der Waals surface area contributed by atoms with E-state index in [0.717, 1.165) is 48.7 Å². The molecule has 0 saturated heterocycles. The van der Waals surface area contributed by atoms with Gasteiger partial charge in [-0.3, -0.25) is 9.78 Å². The summed E-state index contributed by atoms with van der Waals surface area (Å²) >= 11 is 1.85. The monoisotopic (exact) mass is 799 g/mol. The zero-order valence-electron chi connectivity index (χ0n) is 28.1. The number of fused-ring (bicyclic) bond motifs is 4. The number of aliphatic hydroxyl groups excluding tert-OH is 1. The van der Waals surface area contributed by atoms with E-state index < -0.39 is 0 Å². The van der Waals surface area contributed by atoms with Gasteiger partial charge in [0.05, 0.1) is 5.76 Å². The van der Waals surface area contributed by atoms with Gasteiger partial charge in [-0.25, -0.2) is 0 Å². The van der Waals surface area contributed by atoms with Crippen molar-refractivity contribution < 1.29 is 30.0 Å². The summed E-state index contributed by atoms with van der Waals surface area (Å²) in [5.74, 6) is 0.547. The van der Waals surface area contributed by atoms with Gasteiger partial charge < -0.3 is 5.11 Å². The largest absolute Gasteiger partial charge is 0.512 e. The zero-order chi connectivity index (χ0) is 32.0. The number of aromatic nitrogens is 1. The predicted octanol–water partition coefficient (Wildman–Crippen LogP) is 11.8. The summed E-state index contributed by atoms with van der Waals surface area (Å²) in [5, 5.41) is 14.7. The van der Waals surface area contributed by atoms with E-state index >= 15 is 0 Å². The topological polar surface area (TPSA) is 50.2 Å². The quantitative estimate of drug-likeness (QED) is 0.0918. The molecule has 45 heavy (non-hydrogen) atoms. The van der Waals surface area contributed by atoms with Crippen molar-refractivity contribution in [1.29, 1.82) is 0 Å². The van der Waals surface area contributed by atoms with Crippen LogP contribution < -0.4 is 0 Å². The molecule has 0 spiro atoms. The maximum Gasteiger partial charge on any atom is 0.162 e. The van der Waals surface area contributed by atoms with E-state index in [9.17, 15) is 9.90 Å². The predicted molar refractivity (Wildman–Crippen MR) is 191 cm³/mol. The van der Waals surface area contributed by atoms with Crippen LogP contribution >= 0.6 is 11.3 Å². The van der Waals surface area contributed by atoms with E-state index in [1.54, 1.807) is 0 Å². The van der Waals surface area contributed by atoms with Crippen LogP contribution in [0.1, 0.15) is 85.3 Å². The average Bonchev–Trinajstić information content (AvgIpc) is 3.35. The maximum atomic E-state index is 11.7. The van der Waals surface area contributed by atoms with Crippen LogP contribution in [-0.2, 0) is 31.3 Å². The summed E-state index contributed by atoms with van der Waals surface area (Å²) < 4.78 is 2.59. The van der Waals surface area contributed by atoms with E-state index in [2.05, 4.69) is 88.4 Å². The number of benzene rings is 3. The number of pyridine rings is 1. The van der Waals surface area contributed by atoms with Crippen LogP contribution in [0, 0.1) is 30.2 Å². The fraction of sp³-hybridized carbons (Fsp3) is 0.400. The fourth-order valence-corrected chi connectivity index (χ4v) is 7.13. The van der Waals surface area contributed by atoms with Crippen molar-refractivity contribution in [2.75, 3.05) is 0 Å². The summed E-state index contributed by atoms with van der Waals surface area (Å²) in [6.45, 7) is 17.1. The van der Waals surface area contributed by atoms with Gasteiger partial charge in [0.2, 0.25) is 0 Å². The van der Waals surface area contributed by atoms with Crippen molar-refractivity contribution >= 4 is 48.1 Å². The molecule has 0 aliphatic carbocycles. The van der Waals surface area contributed by atoms with Crippen molar-refractivity contribution in [3.8, 4) is 11.3 Å². The molecule has 0 aliphatic heterocycles. The van der Waals surface area contributed by atoms with Crippen LogP contribution in [0.2, 0.25) is 0 Å². The molecular weight excluding hydrogens is 751 g/mol. The number of rotatable bonds is 9. The Labute approximate surface area is 287 Å². The second-order valence-corrected chi connectivity index (χ2v) is 14.2. The normalized spacial score (nSPS) is 12.1. The minimum absolute atomic E-state index is 0. The number of ketones is 1. The second-order valence-electron chi connectivity index (χ2n) is 13.2. The number of carbonyl (C=O) groups is 1. The molecule has 241 valence electrons. The minimum Gasteiger partial charge on any atom is -0.512 e. The van der Waals surface area contributed by atoms with E-state index in [1.165, 1.54) is 42.8 Å². The summed E-state index contributed by atoms with van der Waals surface area (Å²) in [6, 6.07) is 23.5. The van der Waals surface area contributed by atoms with E-state index in [4.69, 9.17) is 4.98 Å². The van der Waals surface area contributed by atoms with Gasteiger partial charge in [-0.1, -0.05) is 89.2 Å². The Balaban J connectivity index is 0.000000297. The number of allylic oxidation sites excluding steroid dienone is 2. The zero-order valence-corrected chi connectivity index (χ0v) is 31.3. The van der Waals surface area contributed by atoms with Gasteiger partial charge >= 0.3 is 0 Å². The van der Waals surface area contributed by atoms with Crippen LogP contribution in [0.15, 0.2) is 72.6 Å². The van der Waals surface area contributed by atoms with Crippen molar-refractivity contribution in [2.24, 2.45) is 17.3 Å². The molecule has 0 fully saturated rings. The molecule has 3 aromatic carbocycles. The van der Waals surface area contributed by atoms with Gasteiger partial charge in [-0.05, 0) is 72.9 Å². The van der Waals surface area contributed by atoms with Gasteiger partial charge in [0, 0.05) is 59.3 Å². The first-order chi connectivity index (χ1) is 21.0. The second kappa shape index (κ2) is 16.1. The number of thiophene rings is 1. The van der Waals surface area contributed by atoms with Gasteiger partial charge in [-0.2, -0.15) is 0 Å². The Morgan fingerprint density at radius 2 is 1.58 bits per heavy atom. The van der Waals surface area contributed by atoms with Gasteiger partial charge in [-0.15, -0.1) is 41.0 Å². The average molecular weight is 799 g/mol. The minimum atomic E-state index is 0. The molecule has 0 amide bonds. The molecule has 5 aromatic rings. The van der Waals surface area contributed by atoms with Crippen LogP contribution in [-0.4, -0.2) is 15.9 Å². The molecule has 1 radical (unpaired) electrons. The summed E-state index contributed by atoms with van der Waals surface area (Å²) in [5.41, 5.74) is 5.04. The molecule has 5 heteroatoms. The Hall–Kier alpha value is -2.85. The molecule has 2 heterocycles. The standard InChI is InChI=1S/C27H24NS.C13H24O2.Ir/c1-17-5-7-19-8-9-20(15-21(19)13-17)25-26-23(11-12-28-25)22-10-6-18(14-24(22)29-26)16-27(2,3)4;1-5-10(6-2)12(14)9-13(15)11(7-3)8-4;/h5-14H,16H2,1-4H3;9-11,14H,5-8H2,1-4H3;/q-1;;/b;12-9-;. The molecule has 2 aromatic heterocycles. The Bertz CT molecular complexity index is 1770. The van der Waals surface area contributed by atoms with Gasteiger partial charge in [0.25, 0.3) is 0 Å². The molecule has 0 unspecified atom stereocenters. The van der Waals surface area contributed by atoms with Crippen LogP contribution in [0.5, 0.6) is 0 Å². The third kappa shape index (κ3) is 9.12. The van der Waals surface area contributed by atoms with Crippen molar-refractivity contribution in [3.05, 3.63) is 89.8 Å². The molecule has 0 saturated carbocycles. The summed E-state index contributed by atoms with van der Waals surface area (Å²) in [4.78, 5) is 16.5. The molecule has 0 atom stereocenters. The first kappa shape index (κ1) is 36.6. The van der Waals surface area contributed by atoms with E-state index in [-0.39, 0.29) is 48.9 Å². The number of hydrogen-bond donors (Lipinski definition) is 1. The van der Waals surface area contributed by atoms with E-state index in [0.29, 0.717) is 0 Å². The number of aryl methyl sites for hydroxylation is 1. The molecular formula is C40H48IrNO2S-. The Morgan fingerprint density at radius 3 is 2.22 bits per heavy atom.